The van der Waals surface area contributed by atoms with Gasteiger partial charge in [0.05, 0.1) is 6.33 Å². The molecule has 1 aromatic rings. The maximum Gasteiger partial charge on any atom is 0.271 e. The minimum Gasteiger partial charge on any atom is -0.348 e. The Labute approximate surface area is 89.7 Å². The molecule has 0 spiro atoms. The highest BCUT2D eigenvalue weighted by Gasteiger charge is 2.17. The van der Waals surface area contributed by atoms with Gasteiger partial charge in [-0.2, -0.15) is 0 Å². The molecule has 1 aromatic heterocycles. The van der Waals surface area contributed by atoms with Crippen molar-refractivity contribution in [2.45, 2.75) is 38.1 Å². The number of imidazole rings is 1. The first-order valence-corrected chi connectivity index (χ1v) is 5.54. The molecule has 2 rings (SSSR count). The van der Waals surface area contributed by atoms with Crippen LogP contribution in [0.1, 0.15) is 42.6 Å². The highest BCUT2D eigenvalue weighted by molar-refractivity contribution is 5.92. The summed E-state index contributed by atoms with van der Waals surface area (Å²) in [4.78, 5) is 15.8. The van der Waals surface area contributed by atoms with E-state index in [0.717, 1.165) is 12.8 Å². The summed E-state index contributed by atoms with van der Waals surface area (Å²) in [5, 5.41) is 3.03. The Balaban J connectivity index is 1.91. The SMILES string of the molecule is Cn1cnc(C(=O)NC2CCCCC2)c1. The summed E-state index contributed by atoms with van der Waals surface area (Å²) in [5.41, 5.74) is 0.517. The minimum atomic E-state index is -0.0394. The Bertz CT molecular complexity index is 339. The highest BCUT2D eigenvalue weighted by atomic mass is 16.1. The first-order chi connectivity index (χ1) is 7.25. The molecule has 1 amide bonds. The van der Waals surface area contributed by atoms with Gasteiger partial charge in [0, 0.05) is 19.3 Å². The maximum absolute atomic E-state index is 11.7. The summed E-state index contributed by atoms with van der Waals surface area (Å²) in [6.07, 6.45) is 9.38. The van der Waals surface area contributed by atoms with Crippen LogP contribution in [0, 0.1) is 0 Å². The average molecular weight is 207 g/mol. The first-order valence-electron chi connectivity index (χ1n) is 5.54. The van der Waals surface area contributed by atoms with Crippen LogP contribution in [0.5, 0.6) is 0 Å². The van der Waals surface area contributed by atoms with Gasteiger partial charge in [-0.25, -0.2) is 4.98 Å². The molecule has 1 N–H and O–H groups in total. The number of amides is 1. The molecule has 1 heterocycles. The quantitative estimate of drug-likeness (QED) is 0.798. The molecule has 0 unspecified atom stereocenters. The molecule has 0 bridgehead atoms. The second-order valence-electron chi connectivity index (χ2n) is 4.23. The maximum atomic E-state index is 11.7. The van der Waals surface area contributed by atoms with Crippen LogP contribution in [0.4, 0.5) is 0 Å². The molecule has 1 aliphatic rings. The van der Waals surface area contributed by atoms with Crippen LogP contribution < -0.4 is 5.32 Å². The Kier molecular flexibility index (Phi) is 3.04. The molecular weight excluding hydrogens is 190 g/mol. The molecule has 0 atom stereocenters. The van der Waals surface area contributed by atoms with Gasteiger partial charge in [-0.1, -0.05) is 19.3 Å². The van der Waals surface area contributed by atoms with Crippen molar-refractivity contribution >= 4 is 5.91 Å². The van der Waals surface area contributed by atoms with E-state index in [1.807, 2.05) is 7.05 Å². The lowest BCUT2D eigenvalue weighted by atomic mass is 9.95. The van der Waals surface area contributed by atoms with Gasteiger partial charge >= 0.3 is 0 Å². The fraction of sp³-hybridized carbons (Fsp3) is 0.636. The number of nitrogens with one attached hydrogen (secondary N) is 1. The lowest BCUT2D eigenvalue weighted by Gasteiger charge is -2.22. The zero-order valence-electron chi connectivity index (χ0n) is 9.07. The van der Waals surface area contributed by atoms with E-state index in [0.29, 0.717) is 11.7 Å². The van der Waals surface area contributed by atoms with Crippen LogP contribution >= 0.6 is 0 Å². The molecule has 0 saturated heterocycles. The second kappa shape index (κ2) is 4.47. The molecule has 0 radical (unpaired) electrons. The Morgan fingerprint density at radius 2 is 2.20 bits per heavy atom. The molecule has 1 fully saturated rings. The lowest BCUT2D eigenvalue weighted by Crippen LogP contribution is -2.36. The van der Waals surface area contributed by atoms with Gasteiger partial charge in [0.2, 0.25) is 0 Å². The van der Waals surface area contributed by atoms with E-state index < -0.39 is 0 Å². The van der Waals surface area contributed by atoms with Crippen LogP contribution in [0.3, 0.4) is 0 Å². The average Bonchev–Trinajstić information content (AvgIpc) is 2.66. The first kappa shape index (κ1) is 10.2. The number of aryl methyl sites for hydroxylation is 1. The van der Waals surface area contributed by atoms with Gasteiger partial charge in [-0.3, -0.25) is 4.79 Å². The summed E-state index contributed by atoms with van der Waals surface area (Å²) < 4.78 is 1.79. The smallest absolute Gasteiger partial charge is 0.271 e. The monoisotopic (exact) mass is 207 g/mol. The Morgan fingerprint density at radius 1 is 1.47 bits per heavy atom. The summed E-state index contributed by atoms with van der Waals surface area (Å²) in [5.74, 6) is -0.0394. The van der Waals surface area contributed by atoms with E-state index >= 15 is 0 Å². The molecule has 0 aromatic carbocycles. The fourth-order valence-corrected chi connectivity index (χ4v) is 2.04. The minimum absolute atomic E-state index is 0.0394. The van der Waals surface area contributed by atoms with E-state index in [-0.39, 0.29) is 5.91 Å². The number of aromatic nitrogens is 2. The predicted molar refractivity (Wildman–Crippen MR) is 57.5 cm³/mol. The third-order valence-electron chi connectivity index (χ3n) is 2.88. The van der Waals surface area contributed by atoms with Crippen molar-refractivity contribution in [2.24, 2.45) is 7.05 Å². The van der Waals surface area contributed by atoms with Crippen molar-refractivity contribution in [3.05, 3.63) is 18.2 Å². The van der Waals surface area contributed by atoms with E-state index in [2.05, 4.69) is 10.3 Å². The topological polar surface area (TPSA) is 46.9 Å². The predicted octanol–water partition coefficient (Wildman–Crippen LogP) is 1.48. The molecule has 1 saturated carbocycles. The van der Waals surface area contributed by atoms with Crippen molar-refractivity contribution in [1.29, 1.82) is 0 Å². The zero-order chi connectivity index (χ0) is 10.7. The van der Waals surface area contributed by atoms with E-state index in [9.17, 15) is 4.79 Å². The van der Waals surface area contributed by atoms with Crippen LogP contribution in [0.15, 0.2) is 12.5 Å². The van der Waals surface area contributed by atoms with Crippen LogP contribution in [-0.2, 0) is 7.05 Å². The highest BCUT2D eigenvalue weighted by Crippen LogP contribution is 2.17. The number of nitrogens with zero attached hydrogens (tertiary/aromatic N) is 2. The lowest BCUT2D eigenvalue weighted by molar-refractivity contribution is 0.0923. The molecule has 82 valence electrons. The van der Waals surface area contributed by atoms with E-state index in [1.54, 1.807) is 17.1 Å². The molecule has 1 aliphatic carbocycles. The normalized spacial score (nSPS) is 17.7. The van der Waals surface area contributed by atoms with Gasteiger partial charge in [0.25, 0.3) is 5.91 Å². The molecular formula is C11H17N3O. The van der Waals surface area contributed by atoms with Crippen LogP contribution in [0.25, 0.3) is 0 Å². The summed E-state index contributed by atoms with van der Waals surface area (Å²) in [6, 6.07) is 0.355. The van der Waals surface area contributed by atoms with Crippen molar-refractivity contribution in [2.75, 3.05) is 0 Å². The van der Waals surface area contributed by atoms with Gasteiger partial charge in [-0.15, -0.1) is 0 Å². The van der Waals surface area contributed by atoms with E-state index in [4.69, 9.17) is 0 Å². The van der Waals surface area contributed by atoms with Crippen LogP contribution in [0.2, 0.25) is 0 Å². The Morgan fingerprint density at radius 3 is 2.80 bits per heavy atom. The number of hydrogen-bond acceptors (Lipinski definition) is 2. The standard InChI is InChI=1S/C11H17N3O/c1-14-7-10(12-8-14)11(15)13-9-5-3-2-4-6-9/h7-9H,2-6H2,1H3,(H,13,15). The molecule has 4 heteroatoms. The third-order valence-corrected chi connectivity index (χ3v) is 2.88. The number of carbonyl (C=O) groups excluding carboxylic acids is 1. The molecule has 15 heavy (non-hydrogen) atoms. The molecule has 0 aliphatic heterocycles. The van der Waals surface area contributed by atoms with Crippen molar-refractivity contribution in [3.8, 4) is 0 Å². The summed E-state index contributed by atoms with van der Waals surface area (Å²) in [6.45, 7) is 0. The summed E-state index contributed by atoms with van der Waals surface area (Å²) >= 11 is 0. The number of carbonyl (C=O) groups is 1. The second-order valence-corrected chi connectivity index (χ2v) is 4.23. The number of rotatable bonds is 2. The fourth-order valence-electron chi connectivity index (χ4n) is 2.04. The third kappa shape index (κ3) is 2.58. The molecule has 4 nitrogen and oxygen atoms in total. The largest absolute Gasteiger partial charge is 0.348 e. The summed E-state index contributed by atoms with van der Waals surface area (Å²) in [7, 11) is 1.87. The van der Waals surface area contributed by atoms with Gasteiger partial charge < -0.3 is 9.88 Å². The van der Waals surface area contributed by atoms with E-state index in [1.165, 1.54) is 19.3 Å². The zero-order valence-corrected chi connectivity index (χ0v) is 9.07. The van der Waals surface area contributed by atoms with Crippen molar-refractivity contribution in [1.82, 2.24) is 14.9 Å². The van der Waals surface area contributed by atoms with Crippen molar-refractivity contribution in [3.63, 3.8) is 0 Å². The Hall–Kier alpha value is -1.32. The van der Waals surface area contributed by atoms with Crippen LogP contribution in [-0.4, -0.2) is 21.5 Å². The van der Waals surface area contributed by atoms with Gasteiger partial charge in [-0.05, 0) is 12.8 Å². The van der Waals surface area contributed by atoms with Gasteiger partial charge in [0.15, 0.2) is 0 Å². The van der Waals surface area contributed by atoms with Crippen molar-refractivity contribution < 1.29 is 4.79 Å². The number of hydrogen-bond donors (Lipinski definition) is 1. The van der Waals surface area contributed by atoms with Gasteiger partial charge in [0.1, 0.15) is 5.69 Å².